The Bertz CT molecular complexity index is 957. The van der Waals surface area contributed by atoms with Crippen molar-refractivity contribution in [2.24, 2.45) is 0 Å². The minimum Gasteiger partial charge on any atom is -0.358 e. The van der Waals surface area contributed by atoms with Crippen LogP contribution < -0.4 is 10.6 Å². The van der Waals surface area contributed by atoms with Crippen LogP contribution in [0.25, 0.3) is 0 Å². The molecule has 2 N–H and O–H groups in total. The van der Waals surface area contributed by atoms with E-state index in [0.29, 0.717) is 36.3 Å². The Balaban J connectivity index is 1.49. The van der Waals surface area contributed by atoms with Gasteiger partial charge < -0.3 is 15.5 Å². The number of hydrogen-bond donors (Lipinski definition) is 2. The van der Waals surface area contributed by atoms with Crippen LogP contribution in [-0.4, -0.2) is 53.5 Å². The zero-order valence-electron chi connectivity index (χ0n) is 17.3. The number of rotatable bonds is 5. The second-order valence-electron chi connectivity index (χ2n) is 7.46. The Labute approximate surface area is 195 Å². The number of carbonyl (C=O) groups is 1. The van der Waals surface area contributed by atoms with Gasteiger partial charge in [0.1, 0.15) is 0 Å². The summed E-state index contributed by atoms with van der Waals surface area (Å²) in [6, 6.07) is 12.5. The molecular formula is C22H24ClF3N4OS. The lowest BCUT2D eigenvalue weighted by Crippen LogP contribution is -2.42. The highest BCUT2D eigenvalue weighted by molar-refractivity contribution is 7.80. The molecule has 1 saturated heterocycles. The Morgan fingerprint density at radius 1 is 1.03 bits per heavy atom. The maximum Gasteiger partial charge on any atom is 0.418 e. The third kappa shape index (κ3) is 6.82. The largest absolute Gasteiger partial charge is 0.418 e. The number of thiocarbonyl (C=S) groups is 1. The van der Waals surface area contributed by atoms with Crippen molar-refractivity contribution in [3.8, 4) is 0 Å². The van der Waals surface area contributed by atoms with Gasteiger partial charge in [0.05, 0.1) is 17.8 Å². The lowest BCUT2D eigenvalue weighted by atomic mass is 10.1. The van der Waals surface area contributed by atoms with Crippen LogP contribution in [0.1, 0.15) is 17.5 Å². The average Bonchev–Trinajstić information content (AvgIpc) is 2.98. The van der Waals surface area contributed by atoms with Crippen molar-refractivity contribution in [2.45, 2.75) is 19.1 Å². The Hall–Kier alpha value is -2.36. The van der Waals surface area contributed by atoms with Crippen LogP contribution >= 0.6 is 23.8 Å². The third-order valence-electron chi connectivity index (χ3n) is 5.14. The van der Waals surface area contributed by atoms with Crippen molar-refractivity contribution in [3.05, 3.63) is 64.7 Å². The summed E-state index contributed by atoms with van der Waals surface area (Å²) in [7, 11) is 0. The number of alkyl halides is 3. The van der Waals surface area contributed by atoms with Crippen LogP contribution in [0.2, 0.25) is 5.02 Å². The normalized spacial score (nSPS) is 15.2. The van der Waals surface area contributed by atoms with Gasteiger partial charge in [-0.15, -0.1) is 0 Å². The molecule has 5 nitrogen and oxygen atoms in total. The number of anilines is 1. The molecule has 0 radical (unpaired) electrons. The molecule has 0 atom stereocenters. The van der Waals surface area contributed by atoms with E-state index < -0.39 is 17.6 Å². The number of halogens is 4. The first-order chi connectivity index (χ1) is 15.2. The fourth-order valence-electron chi connectivity index (χ4n) is 3.49. The summed E-state index contributed by atoms with van der Waals surface area (Å²) in [5, 5.41) is 6.89. The van der Waals surface area contributed by atoms with Gasteiger partial charge in [0.15, 0.2) is 5.11 Å². The molecule has 0 saturated carbocycles. The van der Waals surface area contributed by atoms with Gasteiger partial charge >= 0.3 is 6.18 Å². The van der Waals surface area contributed by atoms with Crippen molar-refractivity contribution >= 4 is 40.5 Å². The molecule has 0 spiro atoms. The summed E-state index contributed by atoms with van der Waals surface area (Å²) in [5.41, 5.74) is -0.138. The van der Waals surface area contributed by atoms with E-state index in [-0.39, 0.29) is 12.2 Å². The molecule has 1 fully saturated rings. The lowest BCUT2D eigenvalue weighted by molar-refractivity contribution is -0.137. The number of carbonyl (C=O) groups excluding carboxylic acids is 1. The van der Waals surface area contributed by atoms with Gasteiger partial charge in [0, 0.05) is 37.7 Å². The van der Waals surface area contributed by atoms with Crippen molar-refractivity contribution in [1.29, 1.82) is 0 Å². The summed E-state index contributed by atoms with van der Waals surface area (Å²) in [6.07, 6.45) is -3.75. The minimum atomic E-state index is -4.53. The maximum atomic E-state index is 13.1. The summed E-state index contributed by atoms with van der Waals surface area (Å²) >= 11 is 11.7. The second kappa shape index (κ2) is 11.0. The molecule has 32 heavy (non-hydrogen) atoms. The first-order valence-corrected chi connectivity index (χ1v) is 11.0. The lowest BCUT2D eigenvalue weighted by Gasteiger charge is -2.25. The van der Waals surface area contributed by atoms with E-state index in [1.165, 1.54) is 18.2 Å². The van der Waals surface area contributed by atoms with Gasteiger partial charge in [-0.05, 0) is 42.4 Å². The standard InChI is InChI=1S/C22H24ClF3N4OS/c23-18-8-3-1-6-16(18)14-27-21(32)30-11-5-10-29(12-13-30)15-20(31)28-19-9-4-2-7-17(19)22(24,25)26/h1-4,6-9H,5,10-15H2,(H,27,32)(H,28,31). The Morgan fingerprint density at radius 2 is 1.75 bits per heavy atom. The van der Waals surface area contributed by atoms with Gasteiger partial charge in [0.2, 0.25) is 5.91 Å². The van der Waals surface area contributed by atoms with Crippen molar-refractivity contribution in [1.82, 2.24) is 15.1 Å². The van der Waals surface area contributed by atoms with Crippen LogP contribution in [-0.2, 0) is 17.5 Å². The molecule has 0 unspecified atom stereocenters. The van der Waals surface area contributed by atoms with Crippen molar-refractivity contribution in [2.75, 3.05) is 38.0 Å². The SMILES string of the molecule is O=C(CN1CCCN(C(=S)NCc2ccccc2Cl)CC1)Nc1ccccc1C(F)(F)F. The van der Waals surface area contributed by atoms with Gasteiger partial charge in [-0.2, -0.15) is 13.2 Å². The number of para-hydroxylation sites is 1. The summed E-state index contributed by atoms with van der Waals surface area (Å²) in [6.45, 7) is 3.09. The van der Waals surface area contributed by atoms with Gasteiger partial charge in [-0.3, -0.25) is 9.69 Å². The molecule has 1 aliphatic heterocycles. The molecule has 0 bridgehead atoms. The summed E-state index contributed by atoms with van der Waals surface area (Å²) < 4.78 is 39.4. The molecule has 2 aromatic carbocycles. The van der Waals surface area contributed by atoms with Crippen molar-refractivity contribution < 1.29 is 18.0 Å². The van der Waals surface area contributed by atoms with Crippen LogP contribution in [0.15, 0.2) is 48.5 Å². The molecule has 0 aliphatic carbocycles. The fraction of sp³-hybridized carbons (Fsp3) is 0.364. The van der Waals surface area contributed by atoms with E-state index in [4.69, 9.17) is 23.8 Å². The zero-order chi connectivity index (χ0) is 23.1. The van der Waals surface area contributed by atoms with Crippen LogP contribution in [0.4, 0.5) is 18.9 Å². The van der Waals surface area contributed by atoms with E-state index in [1.807, 2.05) is 34.1 Å². The highest BCUT2D eigenvalue weighted by atomic mass is 35.5. The topological polar surface area (TPSA) is 47.6 Å². The molecule has 0 aromatic heterocycles. The second-order valence-corrected chi connectivity index (χ2v) is 8.25. The molecular weight excluding hydrogens is 461 g/mol. The van der Waals surface area contributed by atoms with Crippen molar-refractivity contribution in [3.63, 3.8) is 0 Å². The third-order valence-corrected chi connectivity index (χ3v) is 5.91. The van der Waals surface area contributed by atoms with E-state index in [2.05, 4.69) is 10.6 Å². The predicted molar refractivity (Wildman–Crippen MR) is 124 cm³/mol. The molecule has 10 heteroatoms. The monoisotopic (exact) mass is 484 g/mol. The molecule has 1 amide bonds. The molecule has 172 valence electrons. The first kappa shape index (κ1) is 24.3. The summed E-state index contributed by atoms with van der Waals surface area (Å²) in [4.78, 5) is 16.3. The van der Waals surface area contributed by atoms with E-state index in [0.717, 1.165) is 24.6 Å². The van der Waals surface area contributed by atoms with E-state index in [1.54, 1.807) is 0 Å². The number of nitrogens with zero attached hydrogens (tertiary/aromatic N) is 2. The first-order valence-electron chi connectivity index (χ1n) is 10.2. The zero-order valence-corrected chi connectivity index (χ0v) is 18.9. The molecule has 2 aromatic rings. The molecule has 3 rings (SSSR count). The number of hydrogen-bond acceptors (Lipinski definition) is 3. The van der Waals surface area contributed by atoms with Crippen LogP contribution in [0.3, 0.4) is 0 Å². The van der Waals surface area contributed by atoms with E-state index in [9.17, 15) is 18.0 Å². The van der Waals surface area contributed by atoms with Gasteiger partial charge in [-0.25, -0.2) is 0 Å². The molecule has 1 heterocycles. The predicted octanol–water partition coefficient (Wildman–Crippen LogP) is 4.38. The van der Waals surface area contributed by atoms with Gasteiger partial charge in [0.25, 0.3) is 0 Å². The van der Waals surface area contributed by atoms with E-state index >= 15 is 0 Å². The van der Waals surface area contributed by atoms with Crippen LogP contribution in [0, 0.1) is 0 Å². The fourth-order valence-corrected chi connectivity index (χ4v) is 3.95. The smallest absolute Gasteiger partial charge is 0.358 e. The number of nitrogens with one attached hydrogen (secondary N) is 2. The Kier molecular flexibility index (Phi) is 8.33. The maximum absolute atomic E-state index is 13.1. The molecule has 1 aliphatic rings. The number of amides is 1. The highest BCUT2D eigenvalue weighted by Gasteiger charge is 2.33. The van der Waals surface area contributed by atoms with Crippen LogP contribution in [0.5, 0.6) is 0 Å². The van der Waals surface area contributed by atoms with Gasteiger partial charge in [-0.1, -0.05) is 41.9 Å². The minimum absolute atomic E-state index is 0.0137. The highest BCUT2D eigenvalue weighted by Crippen LogP contribution is 2.34. The average molecular weight is 485 g/mol. The quantitative estimate of drug-likeness (QED) is 0.617. The Morgan fingerprint density at radius 3 is 2.50 bits per heavy atom. The summed E-state index contributed by atoms with van der Waals surface area (Å²) in [5.74, 6) is -0.477. The number of benzene rings is 2.